The number of nitrogens with zero attached hydrogens (tertiary/aromatic N) is 1. The molecule has 1 amide bonds. The molecule has 17 heavy (non-hydrogen) atoms. The Kier molecular flexibility index (Phi) is 4.74. The molecular formula is C13H24N2OS. The molecule has 2 N–H and O–H groups in total. The number of rotatable bonds is 3. The summed E-state index contributed by atoms with van der Waals surface area (Å²) in [6.45, 7) is 2.55. The average Bonchev–Trinajstić information content (AvgIpc) is 2.37. The molecule has 0 atom stereocenters. The fourth-order valence-electron chi connectivity index (χ4n) is 2.97. The van der Waals surface area contributed by atoms with Crippen LogP contribution in [0.1, 0.15) is 44.9 Å². The van der Waals surface area contributed by atoms with Gasteiger partial charge in [-0.1, -0.05) is 19.3 Å². The lowest BCUT2D eigenvalue weighted by Crippen LogP contribution is -2.49. The van der Waals surface area contributed by atoms with Crippen molar-refractivity contribution in [2.24, 2.45) is 5.73 Å². The average molecular weight is 256 g/mol. The molecule has 1 aliphatic heterocycles. The van der Waals surface area contributed by atoms with Crippen LogP contribution in [0.4, 0.5) is 0 Å². The zero-order valence-electron chi connectivity index (χ0n) is 10.6. The van der Waals surface area contributed by atoms with E-state index in [9.17, 15) is 4.79 Å². The first-order chi connectivity index (χ1) is 8.26. The van der Waals surface area contributed by atoms with Crippen LogP contribution in [-0.4, -0.2) is 40.9 Å². The Morgan fingerprint density at radius 3 is 2.76 bits per heavy atom. The molecule has 0 unspecified atom stereocenters. The highest BCUT2D eigenvalue weighted by atomic mass is 32.2. The molecular weight excluding hydrogens is 232 g/mol. The van der Waals surface area contributed by atoms with Crippen LogP contribution >= 0.6 is 11.8 Å². The lowest BCUT2D eigenvalue weighted by atomic mass is 9.87. The second kappa shape index (κ2) is 6.10. The Labute approximate surface area is 108 Å². The van der Waals surface area contributed by atoms with Gasteiger partial charge in [0, 0.05) is 30.0 Å². The van der Waals surface area contributed by atoms with Gasteiger partial charge in [-0.15, -0.1) is 0 Å². The molecule has 0 aromatic rings. The van der Waals surface area contributed by atoms with E-state index in [1.807, 2.05) is 0 Å². The fourth-order valence-corrected chi connectivity index (χ4v) is 4.54. The third-order valence-electron chi connectivity index (χ3n) is 3.96. The maximum Gasteiger partial charge on any atom is 0.222 e. The largest absolute Gasteiger partial charge is 0.340 e. The van der Waals surface area contributed by atoms with Crippen molar-refractivity contribution < 1.29 is 4.79 Å². The van der Waals surface area contributed by atoms with Gasteiger partial charge in [0.05, 0.1) is 0 Å². The van der Waals surface area contributed by atoms with Gasteiger partial charge in [0.1, 0.15) is 0 Å². The van der Waals surface area contributed by atoms with Crippen LogP contribution in [0, 0.1) is 0 Å². The van der Waals surface area contributed by atoms with E-state index in [1.165, 1.54) is 32.1 Å². The van der Waals surface area contributed by atoms with Gasteiger partial charge in [0.25, 0.3) is 0 Å². The summed E-state index contributed by atoms with van der Waals surface area (Å²) in [6, 6.07) is 0. The van der Waals surface area contributed by atoms with Crippen LogP contribution in [-0.2, 0) is 4.79 Å². The van der Waals surface area contributed by atoms with Crippen molar-refractivity contribution in [3.05, 3.63) is 0 Å². The van der Waals surface area contributed by atoms with Crippen LogP contribution in [0.3, 0.4) is 0 Å². The van der Waals surface area contributed by atoms with Crippen molar-refractivity contribution in [3.63, 3.8) is 0 Å². The molecule has 98 valence electrons. The first-order valence-electron chi connectivity index (χ1n) is 6.88. The summed E-state index contributed by atoms with van der Waals surface area (Å²) >= 11 is 2.11. The van der Waals surface area contributed by atoms with Crippen molar-refractivity contribution in [2.75, 3.05) is 25.4 Å². The highest BCUT2D eigenvalue weighted by molar-refractivity contribution is 8.00. The van der Waals surface area contributed by atoms with Crippen LogP contribution in [0.25, 0.3) is 0 Å². The molecule has 1 heterocycles. The van der Waals surface area contributed by atoms with Gasteiger partial charge < -0.3 is 10.6 Å². The summed E-state index contributed by atoms with van der Waals surface area (Å²) in [5.41, 5.74) is 5.47. The van der Waals surface area contributed by atoms with Gasteiger partial charge in [0.15, 0.2) is 0 Å². The Hall–Kier alpha value is -0.220. The van der Waals surface area contributed by atoms with E-state index in [2.05, 4.69) is 16.7 Å². The molecule has 3 nitrogen and oxygen atoms in total. The Bertz CT molecular complexity index is 259. The summed E-state index contributed by atoms with van der Waals surface area (Å²) in [5.74, 6) is 1.44. The monoisotopic (exact) mass is 256 g/mol. The second-order valence-corrected chi connectivity index (χ2v) is 6.86. The van der Waals surface area contributed by atoms with Gasteiger partial charge in [0.2, 0.25) is 5.91 Å². The maximum absolute atomic E-state index is 12.0. The lowest BCUT2D eigenvalue weighted by Gasteiger charge is -2.44. The molecule has 0 aromatic heterocycles. The van der Waals surface area contributed by atoms with Crippen molar-refractivity contribution in [2.45, 2.75) is 49.7 Å². The van der Waals surface area contributed by atoms with Gasteiger partial charge in [-0.2, -0.15) is 11.8 Å². The summed E-state index contributed by atoms with van der Waals surface area (Å²) < 4.78 is 0.398. The maximum atomic E-state index is 12.0. The minimum atomic E-state index is 0.320. The van der Waals surface area contributed by atoms with Gasteiger partial charge in [-0.3, -0.25) is 4.79 Å². The third kappa shape index (κ3) is 3.38. The lowest BCUT2D eigenvalue weighted by molar-refractivity contribution is -0.131. The predicted molar refractivity (Wildman–Crippen MR) is 73.1 cm³/mol. The Morgan fingerprint density at radius 1 is 1.29 bits per heavy atom. The Morgan fingerprint density at radius 2 is 2.06 bits per heavy atom. The fraction of sp³-hybridized carbons (Fsp3) is 0.923. The van der Waals surface area contributed by atoms with Crippen molar-refractivity contribution >= 4 is 17.7 Å². The molecule has 2 aliphatic rings. The van der Waals surface area contributed by atoms with Crippen LogP contribution in [0.5, 0.6) is 0 Å². The smallest absolute Gasteiger partial charge is 0.222 e. The number of thioether (sulfide) groups is 1. The van der Waals surface area contributed by atoms with Crippen LogP contribution in [0.2, 0.25) is 0 Å². The molecule has 0 aromatic carbocycles. The van der Waals surface area contributed by atoms with Crippen molar-refractivity contribution in [3.8, 4) is 0 Å². The SMILES string of the molecule is NCCCC(=O)N1CCSC2(CCCCC2)C1. The van der Waals surface area contributed by atoms with E-state index in [0.29, 0.717) is 23.6 Å². The summed E-state index contributed by atoms with van der Waals surface area (Å²) in [6.07, 6.45) is 8.14. The second-order valence-electron chi connectivity index (χ2n) is 5.30. The number of carbonyl (C=O) groups is 1. The van der Waals surface area contributed by atoms with Crippen LogP contribution in [0.15, 0.2) is 0 Å². The molecule has 0 bridgehead atoms. The van der Waals surface area contributed by atoms with E-state index in [4.69, 9.17) is 5.73 Å². The molecule has 2 fully saturated rings. The number of hydrogen-bond donors (Lipinski definition) is 1. The molecule has 1 aliphatic carbocycles. The normalized spacial score (nSPS) is 23.9. The first-order valence-corrected chi connectivity index (χ1v) is 7.86. The summed E-state index contributed by atoms with van der Waals surface area (Å²) in [4.78, 5) is 14.1. The van der Waals surface area contributed by atoms with E-state index in [-0.39, 0.29) is 0 Å². The molecule has 4 heteroatoms. The first kappa shape index (κ1) is 13.2. The number of hydrogen-bond acceptors (Lipinski definition) is 3. The number of amides is 1. The highest BCUT2D eigenvalue weighted by Crippen LogP contribution is 2.42. The molecule has 1 saturated heterocycles. The van der Waals surface area contributed by atoms with Gasteiger partial charge in [-0.25, -0.2) is 0 Å². The minimum absolute atomic E-state index is 0.320. The van der Waals surface area contributed by atoms with Gasteiger partial charge >= 0.3 is 0 Å². The van der Waals surface area contributed by atoms with Crippen LogP contribution < -0.4 is 5.73 Å². The molecule has 2 rings (SSSR count). The number of nitrogens with two attached hydrogens (primary N) is 1. The topological polar surface area (TPSA) is 46.3 Å². The quantitative estimate of drug-likeness (QED) is 0.840. The summed E-state index contributed by atoms with van der Waals surface area (Å²) in [7, 11) is 0. The third-order valence-corrected chi connectivity index (χ3v) is 5.50. The van der Waals surface area contributed by atoms with Gasteiger partial charge in [-0.05, 0) is 25.8 Å². The number of carbonyl (C=O) groups excluding carboxylic acids is 1. The Balaban J connectivity index is 1.89. The zero-order valence-corrected chi connectivity index (χ0v) is 11.4. The van der Waals surface area contributed by atoms with E-state index in [1.54, 1.807) is 0 Å². The molecule has 1 saturated carbocycles. The minimum Gasteiger partial charge on any atom is -0.340 e. The highest BCUT2D eigenvalue weighted by Gasteiger charge is 2.38. The standard InChI is InChI=1S/C13H24N2OS/c14-8-4-5-12(16)15-9-10-17-13(11-15)6-2-1-3-7-13/h1-11,14H2. The van der Waals surface area contributed by atoms with E-state index in [0.717, 1.165) is 25.3 Å². The summed E-state index contributed by atoms with van der Waals surface area (Å²) in [5, 5.41) is 0. The van der Waals surface area contributed by atoms with E-state index >= 15 is 0 Å². The van der Waals surface area contributed by atoms with Crippen molar-refractivity contribution in [1.82, 2.24) is 4.90 Å². The van der Waals surface area contributed by atoms with Crippen molar-refractivity contribution in [1.29, 1.82) is 0 Å². The van der Waals surface area contributed by atoms with E-state index < -0.39 is 0 Å². The predicted octanol–water partition coefficient (Wildman–Crippen LogP) is 2.00. The molecule has 1 spiro atoms. The molecule has 0 radical (unpaired) electrons. The zero-order chi connectivity index (χ0) is 12.1.